The summed E-state index contributed by atoms with van der Waals surface area (Å²) < 4.78 is 5.17. The minimum atomic E-state index is -0.389. The topological polar surface area (TPSA) is 46.6 Å². The molecule has 0 aliphatic carbocycles. The van der Waals surface area contributed by atoms with Gasteiger partial charge in [-0.2, -0.15) is 0 Å². The summed E-state index contributed by atoms with van der Waals surface area (Å²) in [4.78, 5) is 21.8. The number of carbonyl (C=O) groups excluding carboxylic acids is 2. The summed E-state index contributed by atoms with van der Waals surface area (Å²) in [5, 5.41) is 0. The van der Waals surface area contributed by atoms with Crippen LogP contribution >= 0.6 is 0 Å². The predicted octanol–water partition coefficient (Wildman–Crippen LogP) is 2.72. The molecule has 0 aliphatic rings. The Balaban J connectivity index is -0.000000337. The molecule has 0 aromatic heterocycles. The molecule has 0 N–H and O–H groups in total. The largest absolute Gasteiger partial charge is 0.444 e. The predicted molar refractivity (Wildman–Crippen MR) is 70.8 cm³/mol. The monoisotopic (exact) mass is 243 g/mol. The number of hydrogen-bond acceptors (Lipinski definition) is 3. The molecule has 0 saturated heterocycles. The van der Waals surface area contributed by atoms with Crippen LogP contribution in [0, 0.1) is 12.8 Å². The lowest BCUT2D eigenvalue weighted by Gasteiger charge is -2.25. The molecule has 4 heteroatoms. The van der Waals surface area contributed by atoms with Crippen LogP contribution in [0.15, 0.2) is 0 Å². The van der Waals surface area contributed by atoms with Crippen LogP contribution in [0.25, 0.3) is 0 Å². The molecular formula is C13H25NO3. The van der Waals surface area contributed by atoms with Crippen molar-refractivity contribution in [2.45, 2.75) is 47.1 Å². The summed E-state index contributed by atoms with van der Waals surface area (Å²) in [5.74, 6) is 0. The first kappa shape index (κ1) is 20.9. The highest BCUT2D eigenvalue weighted by Crippen LogP contribution is 2.09. The van der Waals surface area contributed by atoms with Crippen molar-refractivity contribution in [1.82, 2.24) is 4.90 Å². The molecule has 4 nitrogen and oxygen atoms in total. The number of aldehydes is 1. The van der Waals surface area contributed by atoms with Gasteiger partial charge in [-0.05, 0) is 41.5 Å². The van der Waals surface area contributed by atoms with Gasteiger partial charge in [-0.3, -0.25) is 0 Å². The highest BCUT2D eigenvalue weighted by Gasteiger charge is 2.19. The molecule has 0 spiro atoms. The van der Waals surface area contributed by atoms with Crippen molar-refractivity contribution in [2.75, 3.05) is 13.1 Å². The fourth-order valence-corrected chi connectivity index (χ4v) is 0.808. The van der Waals surface area contributed by atoms with Crippen LogP contribution < -0.4 is 0 Å². The molecule has 0 aromatic carbocycles. The fourth-order valence-electron chi connectivity index (χ4n) is 0.808. The average Bonchev–Trinajstić information content (AvgIpc) is 2.21. The maximum atomic E-state index is 11.3. The van der Waals surface area contributed by atoms with Crippen molar-refractivity contribution >= 4 is 12.4 Å². The van der Waals surface area contributed by atoms with Gasteiger partial charge in [0.05, 0.1) is 0 Å². The average molecular weight is 243 g/mol. The molecule has 0 saturated carbocycles. The molecule has 0 bridgehead atoms. The first-order valence-corrected chi connectivity index (χ1v) is 5.53. The molecule has 0 aliphatic heterocycles. The maximum Gasteiger partial charge on any atom is 0.410 e. The van der Waals surface area contributed by atoms with Gasteiger partial charge in [0.1, 0.15) is 11.9 Å². The molecule has 0 rings (SSSR count). The van der Waals surface area contributed by atoms with E-state index in [1.165, 1.54) is 6.92 Å². The second kappa shape index (κ2) is 12.6. The third-order valence-electron chi connectivity index (χ3n) is 1.42. The van der Waals surface area contributed by atoms with Gasteiger partial charge in [0.25, 0.3) is 0 Å². The molecule has 1 amide bonds. The van der Waals surface area contributed by atoms with E-state index in [2.05, 4.69) is 12.8 Å². The Bertz CT molecular complexity index is 212. The van der Waals surface area contributed by atoms with Gasteiger partial charge in [-0.15, -0.1) is 12.8 Å². The van der Waals surface area contributed by atoms with Crippen molar-refractivity contribution in [2.24, 2.45) is 0 Å². The Morgan fingerprint density at radius 3 is 1.71 bits per heavy atom. The number of amides is 1. The van der Waals surface area contributed by atoms with E-state index in [1.807, 2.05) is 34.6 Å². The third-order valence-corrected chi connectivity index (χ3v) is 1.42. The van der Waals surface area contributed by atoms with E-state index in [4.69, 9.17) is 9.53 Å². The van der Waals surface area contributed by atoms with Crippen molar-refractivity contribution in [3.05, 3.63) is 0 Å². The van der Waals surface area contributed by atoms with E-state index in [-0.39, 0.29) is 11.7 Å². The first-order valence-electron chi connectivity index (χ1n) is 5.53. The Kier molecular flexibility index (Phi) is 15.4. The first-order chi connectivity index (χ1) is 7.82. The summed E-state index contributed by atoms with van der Waals surface area (Å²) in [5.41, 5.74) is -0.389. The summed E-state index contributed by atoms with van der Waals surface area (Å²) >= 11 is 0. The highest BCUT2D eigenvalue weighted by atomic mass is 16.6. The van der Waals surface area contributed by atoms with Crippen LogP contribution in [0.2, 0.25) is 0 Å². The Labute approximate surface area is 105 Å². The van der Waals surface area contributed by atoms with Crippen LogP contribution in [-0.2, 0) is 9.53 Å². The van der Waals surface area contributed by atoms with Crippen LogP contribution in [0.1, 0.15) is 41.5 Å². The van der Waals surface area contributed by atoms with E-state index in [0.29, 0.717) is 13.1 Å². The van der Waals surface area contributed by atoms with Crippen LogP contribution in [0.4, 0.5) is 4.79 Å². The SMILES string of the molecule is C#C.CC=O.CCN(CC)C(=O)OC(C)(C)C. The normalized spacial score (nSPS) is 8.71. The van der Waals surface area contributed by atoms with Crippen LogP contribution in [0.5, 0.6) is 0 Å². The van der Waals surface area contributed by atoms with Gasteiger partial charge in [0.15, 0.2) is 0 Å². The molecule has 0 heterocycles. The molecule has 0 atom stereocenters. The molecule has 0 aromatic rings. The van der Waals surface area contributed by atoms with Crippen LogP contribution in [-0.4, -0.2) is 36.0 Å². The maximum absolute atomic E-state index is 11.3. The lowest BCUT2D eigenvalue weighted by molar-refractivity contribution is -0.106. The lowest BCUT2D eigenvalue weighted by atomic mass is 10.2. The van der Waals surface area contributed by atoms with Crippen molar-refractivity contribution in [3.63, 3.8) is 0 Å². The Morgan fingerprint density at radius 2 is 1.53 bits per heavy atom. The number of ether oxygens (including phenoxy) is 1. The fraction of sp³-hybridized carbons (Fsp3) is 0.692. The molecular weight excluding hydrogens is 218 g/mol. The van der Waals surface area contributed by atoms with Gasteiger partial charge in [0.2, 0.25) is 0 Å². The summed E-state index contributed by atoms with van der Waals surface area (Å²) in [6, 6.07) is 0. The van der Waals surface area contributed by atoms with Gasteiger partial charge < -0.3 is 14.4 Å². The van der Waals surface area contributed by atoms with Crippen molar-refractivity contribution < 1.29 is 14.3 Å². The summed E-state index contributed by atoms with van der Waals surface area (Å²) in [6.07, 6.45) is 8.52. The van der Waals surface area contributed by atoms with Gasteiger partial charge >= 0.3 is 6.09 Å². The molecule has 0 unspecified atom stereocenters. The number of hydrogen-bond donors (Lipinski definition) is 0. The van der Waals surface area contributed by atoms with Crippen molar-refractivity contribution in [3.8, 4) is 12.8 Å². The zero-order valence-corrected chi connectivity index (χ0v) is 11.8. The zero-order valence-electron chi connectivity index (χ0n) is 11.8. The highest BCUT2D eigenvalue weighted by molar-refractivity contribution is 5.67. The molecule has 100 valence electrons. The van der Waals surface area contributed by atoms with Gasteiger partial charge in [-0.1, -0.05) is 0 Å². The third kappa shape index (κ3) is 17.1. The Hall–Kier alpha value is -1.50. The smallest absolute Gasteiger partial charge is 0.410 e. The minimum absolute atomic E-state index is 0.229. The number of rotatable bonds is 2. The number of carbonyl (C=O) groups is 2. The summed E-state index contributed by atoms with van der Waals surface area (Å²) in [6.45, 7) is 12.3. The van der Waals surface area contributed by atoms with E-state index in [1.54, 1.807) is 4.90 Å². The van der Waals surface area contributed by atoms with Gasteiger partial charge in [-0.25, -0.2) is 4.79 Å². The quantitative estimate of drug-likeness (QED) is 0.553. The molecule has 0 radical (unpaired) electrons. The van der Waals surface area contributed by atoms with E-state index >= 15 is 0 Å². The van der Waals surface area contributed by atoms with Crippen LogP contribution in [0.3, 0.4) is 0 Å². The van der Waals surface area contributed by atoms with Crippen molar-refractivity contribution in [1.29, 1.82) is 0 Å². The molecule has 17 heavy (non-hydrogen) atoms. The summed E-state index contributed by atoms with van der Waals surface area (Å²) in [7, 11) is 0. The molecule has 0 fully saturated rings. The lowest BCUT2D eigenvalue weighted by Crippen LogP contribution is -2.36. The van der Waals surface area contributed by atoms with E-state index in [0.717, 1.165) is 6.29 Å². The number of terminal acetylenes is 1. The number of nitrogens with zero attached hydrogens (tertiary/aromatic N) is 1. The Morgan fingerprint density at radius 1 is 1.24 bits per heavy atom. The second-order valence-corrected chi connectivity index (χ2v) is 3.89. The van der Waals surface area contributed by atoms with E-state index < -0.39 is 0 Å². The van der Waals surface area contributed by atoms with Gasteiger partial charge in [0, 0.05) is 13.1 Å². The second-order valence-electron chi connectivity index (χ2n) is 3.89. The standard InChI is InChI=1S/C9H19NO2.C2H4O.C2H2/c1-6-10(7-2)8(11)12-9(3,4)5;1-2-3;1-2/h6-7H2,1-5H3;2H,1H3;1-2H. The minimum Gasteiger partial charge on any atom is -0.444 e. The van der Waals surface area contributed by atoms with E-state index in [9.17, 15) is 4.79 Å². The zero-order chi connectivity index (χ0) is 14.5.